The molecule has 3 heteroatoms. The third-order valence-corrected chi connectivity index (χ3v) is 2.45. The van der Waals surface area contributed by atoms with Crippen molar-refractivity contribution in [2.75, 3.05) is 13.1 Å². The standard InChI is InChI=1S/C11H14FNO/c12-11-4-2-1-3-9(11)8-14-10-5-6-13-7-10/h1-4,10,13H,5-8H2/t10-/m0/s1. The minimum atomic E-state index is -0.182. The van der Waals surface area contributed by atoms with E-state index >= 15 is 0 Å². The van der Waals surface area contributed by atoms with Gasteiger partial charge in [-0.1, -0.05) is 18.2 Å². The summed E-state index contributed by atoms with van der Waals surface area (Å²) in [7, 11) is 0. The van der Waals surface area contributed by atoms with Gasteiger partial charge in [0.15, 0.2) is 0 Å². The first kappa shape index (κ1) is 9.62. The van der Waals surface area contributed by atoms with Crippen LogP contribution in [-0.2, 0) is 11.3 Å². The van der Waals surface area contributed by atoms with Gasteiger partial charge in [0.1, 0.15) is 5.82 Å². The van der Waals surface area contributed by atoms with Gasteiger partial charge in [0.05, 0.1) is 12.7 Å². The molecule has 0 unspecified atom stereocenters. The molecule has 0 aliphatic carbocycles. The minimum absolute atomic E-state index is 0.182. The van der Waals surface area contributed by atoms with Gasteiger partial charge in [-0.3, -0.25) is 0 Å². The average molecular weight is 195 g/mol. The Kier molecular flexibility index (Phi) is 3.11. The summed E-state index contributed by atoms with van der Waals surface area (Å²) in [6.45, 7) is 2.26. The summed E-state index contributed by atoms with van der Waals surface area (Å²) in [4.78, 5) is 0. The normalized spacial score (nSPS) is 21.4. The Labute approximate surface area is 83.1 Å². The zero-order valence-electron chi connectivity index (χ0n) is 8.00. The summed E-state index contributed by atoms with van der Waals surface area (Å²) in [5, 5.41) is 3.20. The molecule has 1 N–H and O–H groups in total. The van der Waals surface area contributed by atoms with Crippen LogP contribution in [0.1, 0.15) is 12.0 Å². The van der Waals surface area contributed by atoms with E-state index in [1.165, 1.54) is 6.07 Å². The highest BCUT2D eigenvalue weighted by Crippen LogP contribution is 2.11. The van der Waals surface area contributed by atoms with E-state index in [4.69, 9.17) is 4.74 Å². The van der Waals surface area contributed by atoms with Crippen LogP contribution < -0.4 is 5.32 Å². The molecule has 1 aliphatic rings. The highest BCUT2D eigenvalue weighted by atomic mass is 19.1. The summed E-state index contributed by atoms with van der Waals surface area (Å²) in [6, 6.07) is 6.74. The van der Waals surface area contributed by atoms with Gasteiger partial charge >= 0.3 is 0 Å². The van der Waals surface area contributed by atoms with Gasteiger partial charge in [-0.15, -0.1) is 0 Å². The lowest BCUT2D eigenvalue weighted by atomic mass is 10.2. The van der Waals surface area contributed by atoms with Crippen molar-refractivity contribution in [2.45, 2.75) is 19.1 Å². The fourth-order valence-electron chi connectivity index (χ4n) is 1.59. The molecular weight excluding hydrogens is 181 g/mol. The Morgan fingerprint density at radius 3 is 3.00 bits per heavy atom. The van der Waals surface area contributed by atoms with Crippen molar-refractivity contribution in [3.05, 3.63) is 35.6 Å². The SMILES string of the molecule is Fc1ccccc1CO[C@H]1CCNC1. The molecule has 1 saturated heterocycles. The summed E-state index contributed by atoms with van der Waals surface area (Å²) in [6.07, 6.45) is 1.27. The van der Waals surface area contributed by atoms with Gasteiger partial charge in [0.2, 0.25) is 0 Å². The first-order valence-electron chi connectivity index (χ1n) is 4.92. The molecular formula is C11H14FNO. The van der Waals surface area contributed by atoms with E-state index in [0.29, 0.717) is 12.2 Å². The Balaban J connectivity index is 1.88. The molecule has 1 heterocycles. The fourth-order valence-corrected chi connectivity index (χ4v) is 1.59. The second-order valence-electron chi connectivity index (χ2n) is 3.52. The number of ether oxygens (including phenoxy) is 1. The van der Waals surface area contributed by atoms with E-state index in [9.17, 15) is 4.39 Å². The van der Waals surface area contributed by atoms with Crippen LogP contribution in [0.2, 0.25) is 0 Å². The number of hydrogen-bond acceptors (Lipinski definition) is 2. The molecule has 1 fully saturated rings. The molecule has 2 nitrogen and oxygen atoms in total. The van der Waals surface area contributed by atoms with E-state index in [1.54, 1.807) is 12.1 Å². The topological polar surface area (TPSA) is 21.3 Å². The maximum absolute atomic E-state index is 13.2. The molecule has 0 bridgehead atoms. The van der Waals surface area contributed by atoms with Gasteiger partial charge < -0.3 is 10.1 Å². The number of hydrogen-bond donors (Lipinski definition) is 1. The predicted molar refractivity (Wildman–Crippen MR) is 52.5 cm³/mol. The molecule has 0 amide bonds. The van der Waals surface area contributed by atoms with Gasteiger partial charge in [0, 0.05) is 12.1 Å². The highest BCUT2D eigenvalue weighted by Gasteiger charge is 2.14. The Morgan fingerprint density at radius 1 is 1.43 bits per heavy atom. The van der Waals surface area contributed by atoms with E-state index < -0.39 is 0 Å². The fraction of sp³-hybridized carbons (Fsp3) is 0.455. The molecule has 1 atom stereocenters. The smallest absolute Gasteiger partial charge is 0.128 e. The second kappa shape index (κ2) is 4.53. The van der Waals surface area contributed by atoms with E-state index in [-0.39, 0.29) is 11.9 Å². The summed E-state index contributed by atoms with van der Waals surface area (Å²) < 4.78 is 18.7. The lowest BCUT2D eigenvalue weighted by molar-refractivity contribution is 0.0525. The van der Waals surface area contributed by atoms with Crippen LogP contribution >= 0.6 is 0 Å². The lowest BCUT2D eigenvalue weighted by Gasteiger charge is -2.10. The average Bonchev–Trinajstić information content (AvgIpc) is 2.69. The van der Waals surface area contributed by atoms with E-state index in [0.717, 1.165) is 19.5 Å². The number of benzene rings is 1. The van der Waals surface area contributed by atoms with Crippen molar-refractivity contribution >= 4 is 0 Å². The molecule has 0 spiro atoms. The minimum Gasteiger partial charge on any atom is -0.372 e. The van der Waals surface area contributed by atoms with Crippen LogP contribution in [0.5, 0.6) is 0 Å². The van der Waals surface area contributed by atoms with Crippen molar-refractivity contribution in [3.63, 3.8) is 0 Å². The molecule has 14 heavy (non-hydrogen) atoms. The molecule has 2 rings (SSSR count). The van der Waals surface area contributed by atoms with Gasteiger partial charge in [0.25, 0.3) is 0 Å². The lowest BCUT2D eigenvalue weighted by Crippen LogP contribution is -2.16. The summed E-state index contributed by atoms with van der Waals surface area (Å²) >= 11 is 0. The van der Waals surface area contributed by atoms with Crippen molar-refractivity contribution in [1.82, 2.24) is 5.32 Å². The molecule has 1 aromatic carbocycles. The first-order valence-corrected chi connectivity index (χ1v) is 4.92. The van der Waals surface area contributed by atoms with Crippen LogP contribution in [0.3, 0.4) is 0 Å². The Hall–Kier alpha value is -0.930. The molecule has 0 aromatic heterocycles. The number of nitrogens with one attached hydrogen (secondary N) is 1. The van der Waals surface area contributed by atoms with Crippen LogP contribution in [0.25, 0.3) is 0 Å². The maximum Gasteiger partial charge on any atom is 0.128 e. The first-order chi connectivity index (χ1) is 6.86. The van der Waals surface area contributed by atoms with Crippen LogP contribution in [0.4, 0.5) is 4.39 Å². The van der Waals surface area contributed by atoms with Gasteiger partial charge in [-0.2, -0.15) is 0 Å². The Bertz CT molecular complexity index is 297. The van der Waals surface area contributed by atoms with E-state index in [1.807, 2.05) is 6.07 Å². The molecule has 1 aliphatic heterocycles. The van der Waals surface area contributed by atoms with Crippen molar-refractivity contribution in [2.24, 2.45) is 0 Å². The highest BCUT2D eigenvalue weighted by molar-refractivity contribution is 5.16. The third-order valence-electron chi connectivity index (χ3n) is 2.45. The van der Waals surface area contributed by atoms with Gasteiger partial charge in [-0.25, -0.2) is 4.39 Å². The summed E-state index contributed by atoms with van der Waals surface area (Å²) in [5.41, 5.74) is 0.638. The number of rotatable bonds is 3. The van der Waals surface area contributed by atoms with E-state index in [2.05, 4.69) is 5.32 Å². The predicted octanol–water partition coefficient (Wildman–Crippen LogP) is 1.70. The van der Waals surface area contributed by atoms with Crippen molar-refractivity contribution in [3.8, 4) is 0 Å². The molecule has 76 valence electrons. The summed E-state index contributed by atoms with van der Waals surface area (Å²) in [5.74, 6) is -0.182. The maximum atomic E-state index is 13.2. The quantitative estimate of drug-likeness (QED) is 0.792. The molecule has 0 saturated carbocycles. The van der Waals surface area contributed by atoms with Crippen LogP contribution in [-0.4, -0.2) is 19.2 Å². The zero-order chi connectivity index (χ0) is 9.80. The molecule has 1 aromatic rings. The van der Waals surface area contributed by atoms with Crippen LogP contribution in [0.15, 0.2) is 24.3 Å². The second-order valence-corrected chi connectivity index (χ2v) is 3.52. The van der Waals surface area contributed by atoms with Crippen molar-refractivity contribution in [1.29, 1.82) is 0 Å². The zero-order valence-corrected chi connectivity index (χ0v) is 8.00. The monoisotopic (exact) mass is 195 g/mol. The molecule has 0 radical (unpaired) electrons. The largest absolute Gasteiger partial charge is 0.372 e. The Morgan fingerprint density at radius 2 is 2.29 bits per heavy atom. The van der Waals surface area contributed by atoms with Crippen molar-refractivity contribution < 1.29 is 9.13 Å². The van der Waals surface area contributed by atoms with Crippen LogP contribution in [0, 0.1) is 5.82 Å². The number of halogens is 1. The third kappa shape index (κ3) is 2.30. The van der Waals surface area contributed by atoms with Gasteiger partial charge in [-0.05, 0) is 19.0 Å².